The molecule has 0 bridgehead atoms. The third-order valence-electron chi connectivity index (χ3n) is 6.86. The first-order valence-electron chi connectivity index (χ1n) is 12.0. The fraction of sp³-hybridized carbons (Fsp3) is 0.560. The summed E-state index contributed by atoms with van der Waals surface area (Å²) in [7, 11) is 1.39. The zero-order valence-corrected chi connectivity index (χ0v) is 20.3. The minimum absolute atomic E-state index is 0.0615. The van der Waals surface area contributed by atoms with E-state index in [4.69, 9.17) is 10.5 Å². The van der Waals surface area contributed by atoms with Crippen LogP contribution in [0, 0.1) is 0 Å². The second-order valence-electron chi connectivity index (χ2n) is 9.64. The Morgan fingerprint density at radius 3 is 2.47 bits per heavy atom. The van der Waals surface area contributed by atoms with Crippen molar-refractivity contribution in [2.45, 2.75) is 51.5 Å². The van der Waals surface area contributed by atoms with Gasteiger partial charge >= 0.3 is 5.69 Å². The number of nitrogens with two attached hydrogens (primary N) is 1. The number of carbonyl (C=O) groups excluding carboxylic acids is 1. The van der Waals surface area contributed by atoms with Gasteiger partial charge < -0.3 is 10.5 Å². The Balaban J connectivity index is 1.54. The maximum absolute atomic E-state index is 13.4. The molecule has 34 heavy (non-hydrogen) atoms. The van der Waals surface area contributed by atoms with E-state index in [1.165, 1.54) is 11.6 Å². The Kier molecular flexibility index (Phi) is 7.35. The average molecular weight is 470 g/mol. The van der Waals surface area contributed by atoms with Crippen molar-refractivity contribution in [2.75, 3.05) is 38.5 Å². The van der Waals surface area contributed by atoms with Crippen LogP contribution in [-0.4, -0.2) is 75.7 Å². The molecule has 2 saturated heterocycles. The van der Waals surface area contributed by atoms with Crippen molar-refractivity contribution in [1.29, 1.82) is 0 Å². The second kappa shape index (κ2) is 10.2. The van der Waals surface area contributed by atoms with E-state index in [0.717, 1.165) is 49.2 Å². The molecular formula is C25H35N5O4. The summed E-state index contributed by atoms with van der Waals surface area (Å²) < 4.78 is 8.13. The molecule has 2 aliphatic heterocycles. The first-order chi connectivity index (χ1) is 16.2. The highest BCUT2D eigenvalue weighted by atomic mass is 16.5. The Bertz CT molecular complexity index is 1130. The minimum atomic E-state index is -0.636. The first-order valence-corrected chi connectivity index (χ1v) is 12.0. The van der Waals surface area contributed by atoms with Gasteiger partial charge in [-0.05, 0) is 38.8 Å². The van der Waals surface area contributed by atoms with Crippen molar-refractivity contribution < 1.29 is 9.53 Å². The van der Waals surface area contributed by atoms with Gasteiger partial charge in [0.25, 0.3) is 5.56 Å². The number of Topliss-reactive ketones (excluding diaryl/α,β-unsaturated/α-hetero) is 1. The summed E-state index contributed by atoms with van der Waals surface area (Å²) in [6.45, 7) is 7.90. The van der Waals surface area contributed by atoms with Crippen LogP contribution in [0.4, 0.5) is 5.82 Å². The number of morpholine rings is 1. The van der Waals surface area contributed by atoms with Gasteiger partial charge in [-0.15, -0.1) is 0 Å². The van der Waals surface area contributed by atoms with Crippen LogP contribution < -0.4 is 17.0 Å². The molecule has 0 aliphatic carbocycles. The van der Waals surface area contributed by atoms with Gasteiger partial charge in [-0.3, -0.25) is 28.5 Å². The molecule has 2 fully saturated rings. The summed E-state index contributed by atoms with van der Waals surface area (Å²) in [5.74, 6) is -0.399. The number of hydrogen-bond donors (Lipinski definition) is 1. The van der Waals surface area contributed by atoms with Crippen LogP contribution in [0.3, 0.4) is 0 Å². The number of rotatable bonds is 7. The largest absolute Gasteiger partial charge is 0.384 e. The van der Waals surface area contributed by atoms with Crippen molar-refractivity contribution >= 4 is 11.6 Å². The molecule has 184 valence electrons. The number of carbonyl (C=O) groups is 1. The van der Waals surface area contributed by atoms with E-state index in [-0.39, 0.29) is 48.5 Å². The van der Waals surface area contributed by atoms with Crippen LogP contribution in [0.2, 0.25) is 0 Å². The van der Waals surface area contributed by atoms with Gasteiger partial charge in [0.15, 0.2) is 5.78 Å². The number of benzene rings is 1. The molecule has 4 rings (SSSR count). The van der Waals surface area contributed by atoms with Gasteiger partial charge in [0.05, 0.1) is 25.3 Å². The van der Waals surface area contributed by atoms with Crippen LogP contribution in [0.5, 0.6) is 0 Å². The summed E-state index contributed by atoms with van der Waals surface area (Å²) in [5.41, 5.74) is 5.88. The Morgan fingerprint density at radius 1 is 1.12 bits per heavy atom. The zero-order chi connectivity index (χ0) is 24.4. The summed E-state index contributed by atoms with van der Waals surface area (Å²) in [6.07, 6.45) is 2.39. The number of ether oxygens (including phenoxy) is 1. The average Bonchev–Trinajstić information content (AvgIpc) is 3.21. The second-order valence-corrected chi connectivity index (χ2v) is 9.64. The van der Waals surface area contributed by atoms with Crippen molar-refractivity contribution in [3.8, 4) is 0 Å². The highest BCUT2D eigenvalue weighted by Gasteiger charge is 2.32. The molecule has 0 amide bonds. The molecule has 0 radical (unpaired) electrons. The SMILES string of the molecule is CC1CN(CC2CCCN2CC(=O)c2c(N)n(Cc3ccccc3)c(=O)n(C)c2=O)CC(C)O1. The van der Waals surface area contributed by atoms with Crippen molar-refractivity contribution in [2.24, 2.45) is 7.05 Å². The summed E-state index contributed by atoms with van der Waals surface area (Å²) in [6, 6.07) is 9.61. The summed E-state index contributed by atoms with van der Waals surface area (Å²) in [4.78, 5) is 43.6. The molecule has 9 heteroatoms. The third kappa shape index (κ3) is 5.16. The lowest BCUT2D eigenvalue weighted by Gasteiger charge is -2.38. The molecule has 1 aromatic carbocycles. The lowest BCUT2D eigenvalue weighted by Crippen LogP contribution is -2.51. The van der Waals surface area contributed by atoms with E-state index < -0.39 is 11.2 Å². The van der Waals surface area contributed by atoms with Gasteiger partial charge in [-0.1, -0.05) is 30.3 Å². The number of hydrogen-bond acceptors (Lipinski definition) is 7. The van der Waals surface area contributed by atoms with Crippen molar-refractivity contribution in [3.63, 3.8) is 0 Å². The van der Waals surface area contributed by atoms with E-state index in [1.54, 1.807) is 0 Å². The highest BCUT2D eigenvalue weighted by Crippen LogP contribution is 2.21. The Labute approximate surface area is 199 Å². The van der Waals surface area contributed by atoms with E-state index in [0.29, 0.717) is 0 Å². The van der Waals surface area contributed by atoms with E-state index >= 15 is 0 Å². The molecule has 2 aromatic rings. The topological polar surface area (TPSA) is 103 Å². The number of likely N-dealkylation sites (tertiary alicyclic amines) is 1. The standard InChI is InChI=1S/C25H35N5O4/c1-17-12-28(13-18(2)34-17)15-20-10-7-11-29(20)16-21(31)22-23(26)30(25(33)27(3)24(22)32)14-19-8-5-4-6-9-19/h4-6,8-9,17-18,20H,7,10-16,26H2,1-3H3. The highest BCUT2D eigenvalue weighted by molar-refractivity contribution is 6.01. The maximum atomic E-state index is 13.4. The third-order valence-corrected chi connectivity index (χ3v) is 6.86. The molecule has 3 unspecified atom stereocenters. The van der Waals surface area contributed by atoms with Gasteiger partial charge in [0.2, 0.25) is 0 Å². The number of nitrogens with zero attached hydrogens (tertiary/aromatic N) is 4. The molecule has 0 spiro atoms. The molecular weight excluding hydrogens is 434 g/mol. The smallest absolute Gasteiger partial charge is 0.332 e. The summed E-state index contributed by atoms with van der Waals surface area (Å²) >= 11 is 0. The quantitative estimate of drug-likeness (QED) is 0.602. The number of aromatic nitrogens is 2. The predicted molar refractivity (Wildman–Crippen MR) is 131 cm³/mol. The fourth-order valence-electron chi connectivity index (χ4n) is 5.27. The maximum Gasteiger partial charge on any atom is 0.332 e. The fourth-order valence-corrected chi connectivity index (χ4v) is 5.27. The van der Waals surface area contributed by atoms with E-state index in [9.17, 15) is 14.4 Å². The molecule has 3 atom stereocenters. The molecule has 3 heterocycles. The van der Waals surface area contributed by atoms with Crippen LogP contribution in [-0.2, 0) is 18.3 Å². The monoisotopic (exact) mass is 469 g/mol. The predicted octanol–water partition coefficient (Wildman–Crippen LogP) is 0.934. The number of ketones is 1. The lowest BCUT2D eigenvalue weighted by molar-refractivity contribution is -0.0721. The van der Waals surface area contributed by atoms with Gasteiger partial charge in [-0.2, -0.15) is 0 Å². The van der Waals surface area contributed by atoms with E-state index in [1.807, 2.05) is 30.3 Å². The Morgan fingerprint density at radius 2 is 1.79 bits per heavy atom. The lowest BCUT2D eigenvalue weighted by atomic mass is 10.1. The molecule has 2 N–H and O–H groups in total. The van der Waals surface area contributed by atoms with Crippen LogP contribution in [0.1, 0.15) is 42.6 Å². The minimum Gasteiger partial charge on any atom is -0.384 e. The summed E-state index contributed by atoms with van der Waals surface area (Å²) in [5, 5.41) is 0. The van der Waals surface area contributed by atoms with Crippen LogP contribution in [0.25, 0.3) is 0 Å². The molecule has 9 nitrogen and oxygen atoms in total. The first kappa shape index (κ1) is 24.4. The van der Waals surface area contributed by atoms with Crippen molar-refractivity contribution in [1.82, 2.24) is 18.9 Å². The zero-order valence-electron chi connectivity index (χ0n) is 20.3. The van der Waals surface area contributed by atoms with E-state index in [2.05, 4.69) is 23.6 Å². The van der Waals surface area contributed by atoms with Crippen LogP contribution >= 0.6 is 0 Å². The molecule has 0 saturated carbocycles. The molecule has 1 aromatic heterocycles. The number of nitrogen functional groups attached to an aromatic ring is 1. The van der Waals surface area contributed by atoms with Gasteiger partial charge in [0.1, 0.15) is 11.4 Å². The van der Waals surface area contributed by atoms with Gasteiger partial charge in [-0.25, -0.2) is 4.79 Å². The Hall–Kier alpha value is -2.75. The van der Waals surface area contributed by atoms with Crippen molar-refractivity contribution in [3.05, 3.63) is 62.3 Å². The van der Waals surface area contributed by atoms with Gasteiger partial charge in [0, 0.05) is 32.7 Å². The number of anilines is 1. The van der Waals surface area contributed by atoms with Crippen LogP contribution in [0.15, 0.2) is 39.9 Å². The normalized spacial score (nSPS) is 23.9. The molecule has 2 aliphatic rings.